The van der Waals surface area contributed by atoms with E-state index in [-0.39, 0.29) is 11.4 Å². The molecule has 9 heteroatoms. The van der Waals surface area contributed by atoms with Gasteiger partial charge in [0.15, 0.2) is 0 Å². The van der Waals surface area contributed by atoms with Crippen LogP contribution in [0.4, 0.5) is 4.39 Å². The number of likely N-dealkylation sites (tertiary alicyclic amines) is 1. The first-order valence-electron chi connectivity index (χ1n) is 11.9. The van der Waals surface area contributed by atoms with E-state index in [0.717, 1.165) is 0 Å². The van der Waals surface area contributed by atoms with Crippen LogP contribution in [-0.2, 0) is 4.79 Å². The highest BCUT2D eigenvalue weighted by molar-refractivity contribution is 6.32. The number of carboxylic acid groups (broad SMARTS) is 1. The zero-order valence-electron chi connectivity index (χ0n) is 20.3. The number of ether oxygens (including phenoxy) is 1. The Morgan fingerprint density at radius 1 is 1.24 bits per heavy atom. The van der Waals surface area contributed by atoms with Gasteiger partial charge in [-0.1, -0.05) is 35.0 Å². The van der Waals surface area contributed by atoms with Crippen molar-refractivity contribution in [2.75, 3.05) is 26.7 Å². The number of aromatic nitrogens is 1. The first kappa shape index (κ1) is 27.2. The molecule has 1 aromatic heterocycles. The summed E-state index contributed by atoms with van der Waals surface area (Å²) in [5.41, 5.74) is 0.739. The number of halogens is 3. The third-order valence-corrected chi connectivity index (χ3v) is 7.48. The van der Waals surface area contributed by atoms with Crippen molar-refractivity contribution in [2.45, 2.75) is 31.8 Å². The number of carbonyl (C=O) groups is 1. The van der Waals surface area contributed by atoms with Crippen LogP contribution in [0.25, 0.3) is 10.9 Å². The number of aliphatic carboxylic acids is 1. The Hall–Kier alpha value is -2.89. The minimum absolute atomic E-state index is 0.239. The summed E-state index contributed by atoms with van der Waals surface area (Å²) < 4.78 is 18.8. The molecule has 1 atom stereocenters. The molecule has 1 aliphatic rings. The van der Waals surface area contributed by atoms with E-state index in [1.54, 1.807) is 31.4 Å². The minimum atomic E-state index is -0.955. The standard InChI is InChI=1S/C28H27Cl2FN2O4/c1-37-21-4-5-24-22(16-21)26(23(30)17-32-24)25(34)6-7-28(27(35)36)8-11-33(12-9-28)10-2-3-18-13-19(29)15-20(31)14-18/h4-5,13-17,25,34H,6-12H2,1H3,(H,35,36)/t25-/m0/s1. The van der Waals surface area contributed by atoms with Crippen LogP contribution in [-0.4, -0.2) is 52.8 Å². The van der Waals surface area contributed by atoms with Crippen molar-refractivity contribution in [3.05, 3.63) is 69.6 Å². The van der Waals surface area contributed by atoms with E-state index in [9.17, 15) is 19.4 Å². The lowest BCUT2D eigenvalue weighted by Gasteiger charge is -2.38. The third-order valence-electron chi connectivity index (χ3n) is 6.96. The SMILES string of the molecule is COc1ccc2ncc(Cl)c([C@@H](O)CCC3(C(=O)O)CCN(CC#Cc4cc(F)cc(Cl)c4)CC3)c2c1. The van der Waals surface area contributed by atoms with Gasteiger partial charge in [-0.25, -0.2) is 4.39 Å². The van der Waals surface area contributed by atoms with Gasteiger partial charge in [0.1, 0.15) is 11.6 Å². The number of aliphatic hydroxyl groups is 1. The molecule has 0 unspecified atom stereocenters. The zero-order chi connectivity index (χ0) is 26.6. The Bertz CT molecular complexity index is 1340. The highest BCUT2D eigenvalue weighted by Gasteiger charge is 2.41. The van der Waals surface area contributed by atoms with E-state index in [2.05, 4.69) is 21.7 Å². The van der Waals surface area contributed by atoms with Gasteiger partial charge < -0.3 is 14.9 Å². The largest absolute Gasteiger partial charge is 0.497 e. The fourth-order valence-corrected chi connectivity index (χ4v) is 5.28. The second-order valence-electron chi connectivity index (χ2n) is 9.28. The van der Waals surface area contributed by atoms with Gasteiger partial charge in [0, 0.05) is 40.8 Å². The predicted octanol–water partition coefficient (Wildman–Crippen LogP) is 5.72. The van der Waals surface area contributed by atoms with Crippen LogP contribution in [0.2, 0.25) is 10.0 Å². The summed E-state index contributed by atoms with van der Waals surface area (Å²) in [6, 6.07) is 9.50. The molecule has 0 amide bonds. The molecular formula is C28H27Cl2FN2O4. The lowest BCUT2D eigenvalue weighted by Crippen LogP contribution is -2.44. The lowest BCUT2D eigenvalue weighted by molar-refractivity contribution is -0.153. The van der Waals surface area contributed by atoms with E-state index in [4.69, 9.17) is 27.9 Å². The number of nitrogens with zero attached hydrogens (tertiary/aromatic N) is 2. The Labute approximate surface area is 225 Å². The number of pyridine rings is 1. The molecular weight excluding hydrogens is 518 g/mol. The Kier molecular flexibility index (Phi) is 8.56. The van der Waals surface area contributed by atoms with Crippen LogP contribution in [0.1, 0.15) is 42.9 Å². The van der Waals surface area contributed by atoms with Crippen molar-refractivity contribution in [1.82, 2.24) is 9.88 Å². The Morgan fingerprint density at radius 2 is 2.00 bits per heavy atom. The van der Waals surface area contributed by atoms with Crippen molar-refractivity contribution in [3.63, 3.8) is 0 Å². The van der Waals surface area contributed by atoms with Crippen molar-refractivity contribution >= 4 is 40.1 Å². The van der Waals surface area contributed by atoms with Crippen LogP contribution < -0.4 is 4.74 Å². The molecule has 0 spiro atoms. The maximum Gasteiger partial charge on any atom is 0.309 e. The fraction of sp³-hybridized carbons (Fsp3) is 0.357. The Balaban J connectivity index is 1.41. The highest BCUT2D eigenvalue weighted by atomic mass is 35.5. The average Bonchev–Trinajstić information content (AvgIpc) is 2.87. The maximum atomic E-state index is 13.5. The number of aliphatic hydroxyl groups excluding tert-OH is 1. The molecule has 0 bridgehead atoms. The van der Waals surface area contributed by atoms with Gasteiger partial charge in [0.25, 0.3) is 0 Å². The smallest absolute Gasteiger partial charge is 0.309 e. The van der Waals surface area contributed by atoms with E-state index in [0.29, 0.717) is 71.7 Å². The minimum Gasteiger partial charge on any atom is -0.497 e. The monoisotopic (exact) mass is 544 g/mol. The predicted molar refractivity (Wildman–Crippen MR) is 142 cm³/mol. The first-order valence-corrected chi connectivity index (χ1v) is 12.7. The molecule has 6 nitrogen and oxygen atoms in total. The van der Waals surface area contributed by atoms with Crippen molar-refractivity contribution < 1.29 is 24.1 Å². The van der Waals surface area contributed by atoms with Gasteiger partial charge in [0.2, 0.25) is 0 Å². The number of hydrogen-bond donors (Lipinski definition) is 2. The van der Waals surface area contributed by atoms with E-state index in [1.807, 2.05) is 0 Å². The number of piperidine rings is 1. The molecule has 4 rings (SSSR count). The normalized spacial score (nSPS) is 16.1. The topological polar surface area (TPSA) is 82.9 Å². The number of benzene rings is 2. The quantitative estimate of drug-likeness (QED) is 0.370. The fourth-order valence-electron chi connectivity index (χ4n) is 4.78. The number of hydrogen-bond acceptors (Lipinski definition) is 5. The summed E-state index contributed by atoms with van der Waals surface area (Å²) in [4.78, 5) is 18.7. The maximum absolute atomic E-state index is 13.5. The van der Waals surface area contributed by atoms with E-state index in [1.165, 1.54) is 18.3 Å². The van der Waals surface area contributed by atoms with Gasteiger partial charge >= 0.3 is 5.97 Å². The zero-order valence-corrected chi connectivity index (χ0v) is 21.8. The van der Waals surface area contributed by atoms with Crippen molar-refractivity contribution in [3.8, 4) is 17.6 Å². The molecule has 0 saturated carbocycles. The molecule has 3 aromatic rings. The van der Waals surface area contributed by atoms with Crippen LogP contribution >= 0.6 is 23.2 Å². The molecule has 1 saturated heterocycles. The molecule has 0 radical (unpaired) electrons. The van der Waals surface area contributed by atoms with Gasteiger partial charge in [-0.3, -0.25) is 14.7 Å². The molecule has 2 heterocycles. The molecule has 2 aromatic carbocycles. The van der Waals surface area contributed by atoms with Crippen LogP contribution in [0.15, 0.2) is 42.6 Å². The highest BCUT2D eigenvalue weighted by Crippen LogP contribution is 2.41. The second-order valence-corrected chi connectivity index (χ2v) is 10.1. The van der Waals surface area contributed by atoms with Crippen molar-refractivity contribution in [2.24, 2.45) is 5.41 Å². The molecule has 37 heavy (non-hydrogen) atoms. The first-order chi connectivity index (χ1) is 17.7. The number of carboxylic acids is 1. The second kappa shape index (κ2) is 11.7. The molecule has 1 fully saturated rings. The summed E-state index contributed by atoms with van der Waals surface area (Å²) in [6.07, 6.45) is 1.95. The van der Waals surface area contributed by atoms with Crippen LogP contribution in [0.5, 0.6) is 5.75 Å². The molecule has 0 aliphatic carbocycles. The number of fused-ring (bicyclic) bond motifs is 1. The number of rotatable bonds is 7. The van der Waals surface area contributed by atoms with Crippen molar-refractivity contribution in [1.29, 1.82) is 0 Å². The summed E-state index contributed by atoms with van der Waals surface area (Å²) in [6.45, 7) is 1.54. The van der Waals surface area contributed by atoms with Crippen LogP contribution in [0.3, 0.4) is 0 Å². The van der Waals surface area contributed by atoms with Gasteiger partial charge in [0.05, 0.1) is 35.7 Å². The van der Waals surface area contributed by atoms with Gasteiger partial charge in [-0.05, 0) is 62.1 Å². The lowest BCUT2D eigenvalue weighted by atomic mass is 9.74. The van der Waals surface area contributed by atoms with Gasteiger partial charge in [-0.15, -0.1) is 0 Å². The third kappa shape index (κ3) is 6.34. The number of methoxy groups -OCH3 is 1. The van der Waals surface area contributed by atoms with E-state index >= 15 is 0 Å². The van der Waals surface area contributed by atoms with E-state index < -0.39 is 23.3 Å². The van der Waals surface area contributed by atoms with Gasteiger partial charge in [-0.2, -0.15) is 0 Å². The average molecular weight is 545 g/mol. The molecule has 2 N–H and O–H groups in total. The summed E-state index contributed by atoms with van der Waals surface area (Å²) in [7, 11) is 1.56. The molecule has 194 valence electrons. The van der Waals surface area contributed by atoms with Crippen LogP contribution in [0, 0.1) is 23.1 Å². The Morgan fingerprint density at radius 3 is 2.68 bits per heavy atom. The molecule has 1 aliphatic heterocycles. The summed E-state index contributed by atoms with van der Waals surface area (Å²) >= 11 is 12.3. The summed E-state index contributed by atoms with van der Waals surface area (Å²) in [5, 5.41) is 22.5. The summed E-state index contributed by atoms with van der Waals surface area (Å²) in [5.74, 6) is 5.23.